The van der Waals surface area contributed by atoms with E-state index < -0.39 is 0 Å². The summed E-state index contributed by atoms with van der Waals surface area (Å²) in [5.74, 6) is -0.198. The molecule has 1 atom stereocenters. The minimum Gasteiger partial charge on any atom is -0.324 e. The third kappa shape index (κ3) is 3.57. The molecule has 0 radical (unpaired) electrons. The molecule has 1 aromatic rings. The Morgan fingerprint density at radius 1 is 1.20 bits per heavy atom. The average Bonchev–Trinajstić information content (AvgIpc) is 3.30. The molecule has 2 aliphatic rings. The van der Waals surface area contributed by atoms with E-state index in [1.54, 1.807) is 12.1 Å². The zero-order chi connectivity index (χ0) is 13.9. The van der Waals surface area contributed by atoms with E-state index in [1.807, 2.05) is 6.07 Å². The van der Waals surface area contributed by atoms with Crippen molar-refractivity contribution in [1.82, 2.24) is 9.80 Å². The SMILES string of the molecule is NC(CCN1CCN(C2CC2)CC1)c1cccc(F)c1. The number of halogens is 1. The fourth-order valence-electron chi connectivity index (χ4n) is 3.02. The first-order chi connectivity index (χ1) is 9.72. The molecule has 2 N–H and O–H groups in total. The predicted molar refractivity (Wildman–Crippen MR) is 79.0 cm³/mol. The van der Waals surface area contributed by atoms with Crippen LogP contribution in [-0.4, -0.2) is 48.6 Å². The monoisotopic (exact) mass is 277 g/mol. The molecule has 3 nitrogen and oxygen atoms in total. The summed E-state index contributed by atoms with van der Waals surface area (Å²) in [7, 11) is 0. The lowest BCUT2D eigenvalue weighted by molar-refractivity contribution is 0.124. The molecule has 1 saturated heterocycles. The number of hydrogen-bond acceptors (Lipinski definition) is 3. The van der Waals surface area contributed by atoms with Crippen LogP contribution in [0.3, 0.4) is 0 Å². The zero-order valence-corrected chi connectivity index (χ0v) is 12.0. The first-order valence-electron chi connectivity index (χ1n) is 7.70. The van der Waals surface area contributed by atoms with Gasteiger partial charge in [-0.2, -0.15) is 0 Å². The van der Waals surface area contributed by atoms with Gasteiger partial charge in [-0.3, -0.25) is 4.90 Å². The molecule has 4 heteroatoms. The number of benzene rings is 1. The number of piperazine rings is 1. The highest BCUT2D eigenvalue weighted by molar-refractivity contribution is 5.19. The van der Waals surface area contributed by atoms with Gasteiger partial charge in [-0.05, 0) is 37.0 Å². The second-order valence-electron chi connectivity index (χ2n) is 6.06. The molecule has 110 valence electrons. The Morgan fingerprint density at radius 2 is 1.95 bits per heavy atom. The second-order valence-corrected chi connectivity index (χ2v) is 6.06. The minimum atomic E-state index is -0.198. The van der Waals surface area contributed by atoms with Crippen LogP contribution in [0, 0.1) is 5.82 Å². The van der Waals surface area contributed by atoms with Gasteiger partial charge in [-0.1, -0.05) is 12.1 Å². The lowest BCUT2D eigenvalue weighted by Crippen LogP contribution is -2.47. The molecule has 20 heavy (non-hydrogen) atoms. The molecule has 0 amide bonds. The van der Waals surface area contributed by atoms with Crippen molar-refractivity contribution in [3.05, 3.63) is 35.6 Å². The van der Waals surface area contributed by atoms with Crippen LogP contribution in [0.1, 0.15) is 30.9 Å². The van der Waals surface area contributed by atoms with Gasteiger partial charge in [0.1, 0.15) is 5.82 Å². The van der Waals surface area contributed by atoms with Gasteiger partial charge >= 0.3 is 0 Å². The van der Waals surface area contributed by atoms with Crippen LogP contribution in [0.2, 0.25) is 0 Å². The molecule has 2 fully saturated rings. The maximum Gasteiger partial charge on any atom is 0.123 e. The second kappa shape index (κ2) is 6.20. The first kappa shape index (κ1) is 14.0. The number of hydrogen-bond donors (Lipinski definition) is 1. The van der Waals surface area contributed by atoms with Crippen molar-refractivity contribution in [3.63, 3.8) is 0 Å². The molecule has 1 aliphatic heterocycles. The summed E-state index contributed by atoms with van der Waals surface area (Å²) in [4.78, 5) is 5.10. The number of nitrogens with two attached hydrogens (primary N) is 1. The first-order valence-corrected chi connectivity index (χ1v) is 7.70. The van der Waals surface area contributed by atoms with Crippen molar-refractivity contribution in [1.29, 1.82) is 0 Å². The minimum absolute atomic E-state index is 0.0628. The Labute approximate surface area is 120 Å². The molecule has 1 heterocycles. The third-order valence-corrected chi connectivity index (χ3v) is 4.50. The summed E-state index contributed by atoms with van der Waals surface area (Å²) >= 11 is 0. The smallest absolute Gasteiger partial charge is 0.123 e. The average molecular weight is 277 g/mol. The molecule has 0 bridgehead atoms. The Hall–Kier alpha value is -0.970. The van der Waals surface area contributed by atoms with Gasteiger partial charge in [-0.15, -0.1) is 0 Å². The maximum absolute atomic E-state index is 13.2. The zero-order valence-electron chi connectivity index (χ0n) is 12.0. The van der Waals surface area contributed by atoms with Gasteiger partial charge in [0.2, 0.25) is 0 Å². The predicted octanol–water partition coefficient (Wildman–Crippen LogP) is 2.00. The van der Waals surface area contributed by atoms with Crippen molar-refractivity contribution < 1.29 is 4.39 Å². The molecule has 0 aromatic heterocycles. The van der Waals surface area contributed by atoms with E-state index >= 15 is 0 Å². The standard InChI is InChI=1S/C16H24FN3/c17-14-3-1-2-13(12-14)16(18)6-7-19-8-10-20(11-9-19)15-4-5-15/h1-3,12,15-16H,4-11,18H2. The van der Waals surface area contributed by atoms with E-state index in [-0.39, 0.29) is 11.9 Å². The van der Waals surface area contributed by atoms with Crippen LogP contribution in [0.5, 0.6) is 0 Å². The fourth-order valence-corrected chi connectivity index (χ4v) is 3.02. The number of rotatable bonds is 5. The summed E-state index contributed by atoms with van der Waals surface area (Å²) in [5.41, 5.74) is 7.07. The quantitative estimate of drug-likeness (QED) is 0.893. The molecule has 0 spiro atoms. The van der Waals surface area contributed by atoms with Gasteiger partial charge in [0, 0.05) is 44.8 Å². The molecular weight excluding hydrogens is 253 g/mol. The van der Waals surface area contributed by atoms with Crippen LogP contribution in [0.4, 0.5) is 4.39 Å². The topological polar surface area (TPSA) is 32.5 Å². The van der Waals surface area contributed by atoms with Gasteiger partial charge < -0.3 is 10.6 Å². The highest BCUT2D eigenvalue weighted by atomic mass is 19.1. The van der Waals surface area contributed by atoms with E-state index in [2.05, 4.69) is 9.80 Å². The molecule has 1 saturated carbocycles. The van der Waals surface area contributed by atoms with Gasteiger partial charge in [-0.25, -0.2) is 4.39 Å². The van der Waals surface area contributed by atoms with E-state index in [9.17, 15) is 4.39 Å². The van der Waals surface area contributed by atoms with E-state index in [4.69, 9.17) is 5.73 Å². The van der Waals surface area contributed by atoms with Crippen molar-refractivity contribution in [2.45, 2.75) is 31.3 Å². The summed E-state index contributed by atoms with van der Waals surface area (Å²) < 4.78 is 13.2. The van der Waals surface area contributed by atoms with Crippen molar-refractivity contribution >= 4 is 0 Å². The van der Waals surface area contributed by atoms with Crippen molar-refractivity contribution in [2.75, 3.05) is 32.7 Å². The van der Waals surface area contributed by atoms with Crippen LogP contribution in [0.25, 0.3) is 0 Å². The number of nitrogens with zero attached hydrogens (tertiary/aromatic N) is 2. The van der Waals surface area contributed by atoms with Crippen LogP contribution < -0.4 is 5.73 Å². The largest absolute Gasteiger partial charge is 0.324 e. The van der Waals surface area contributed by atoms with E-state index in [1.165, 1.54) is 32.0 Å². The van der Waals surface area contributed by atoms with E-state index in [0.29, 0.717) is 0 Å². The van der Waals surface area contributed by atoms with E-state index in [0.717, 1.165) is 37.7 Å². The third-order valence-electron chi connectivity index (χ3n) is 4.50. The molecule has 1 aliphatic carbocycles. The summed E-state index contributed by atoms with van der Waals surface area (Å²) in [6.45, 7) is 5.69. The molecular formula is C16H24FN3. The summed E-state index contributed by atoms with van der Waals surface area (Å²) in [6, 6.07) is 7.49. The van der Waals surface area contributed by atoms with Crippen LogP contribution >= 0.6 is 0 Å². The highest BCUT2D eigenvalue weighted by Crippen LogP contribution is 2.27. The van der Waals surface area contributed by atoms with Gasteiger partial charge in [0.05, 0.1) is 0 Å². The Balaban J connectivity index is 1.43. The lowest BCUT2D eigenvalue weighted by Gasteiger charge is -2.35. The van der Waals surface area contributed by atoms with Crippen molar-refractivity contribution in [2.24, 2.45) is 5.73 Å². The normalized spacial score (nSPS) is 22.9. The Morgan fingerprint density at radius 3 is 2.60 bits per heavy atom. The summed E-state index contributed by atoms with van der Waals surface area (Å²) in [6.07, 6.45) is 3.68. The van der Waals surface area contributed by atoms with Gasteiger partial charge in [0.25, 0.3) is 0 Å². The molecule has 1 aromatic carbocycles. The Bertz CT molecular complexity index is 439. The van der Waals surface area contributed by atoms with Crippen molar-refractivity contribution in [3.8, 4) is 0 Å². The van der Waals surface area contributed by atoms with Crippen LogP contribution in [0.15, 0.2) is 24.3 Å². The molecule has 1 unspecified atom stereocenters. The van der Waals surface area contributed by atoms with Crippen LogP contribution in [-0.2, 0) is 0 Å². The lowest BCUT2D eigenvalue weighted by atomic mass is 10.0. The molecule has 3 rings (SSSR count). The van der Waals surface area contributed by atoms with Gasteiger partial charge in [0.15, 0.2) is 0 Å². The Kier molecular flexibility index (Phi) is 4.34. The maximum atomic E-state index is 13.2. The highest BCUT2D eigenvalue weighted by Gasteiger charge is 2.31. The fraction of sp³-hybridized carbons (Fsp3) is 0.625. The summed E-state index contributed by atoms with van der Waals surface area (Å²) in [5, 5.41) is 0.